The largest absolute Gasteiger partial charge is 0.494 e. The predicted molar refractivity (Wildman–Crippen MR) is 250 cm³/mol. The Hall–Kier alpha value is -5.40. The van der Waals surface area contributed by atoms with Gasteiger partial charge in [0.1, 0.15) is 11.5 Å². The maximum atomic E-state index is 6.33. The number of aromatic amines is 2. The summed E-state index contributed by atoms with van der Waals surface area (Å²) in [5, 5.41) is 0. The van der Waals surface area contributed by atoms with Crippen LogP contribution in [0.25, 0.3) is 68.6 Å². The molecule has 0 unspecified atom stereocenters. The zero-order valence-electron chi connectivity index (χ0n) is 35.6. The molecule has 0 atom stereocenters. The zero-order valence-corrected chi connectivity index (χ0v) is 35.6. The van der Waals surface area contributed by atoms with Gasteiger partial charge in [0.25, 0.3) is 0 Å². The third-order valence-corrected chi connectivity index (χ3v) is 11.1. The number of nitrogens with zero attached hydrogens (tertiary/aromatic N) is 3. The van der Waals surface area contributed by atoms with Gasteiger partial charge in [-0.15, -0.1) is 0 Å². The van der Waals surface area contributed by atoms with E-state index < -0.39 is 0 Å². The van der Waals surface area contributed by atoms with Crippen molar-refractivity contribution in [2.24, 2.45) is 0 Å². The van der Waals surface area contributed by atoms with Gasteiger partial charge in [-0.05, 0) is 135 Å². The van der Waals surface area contributed by atoms with Crippen LogP contribution in [-0.2, 0) is 0 Å². The minimum atomic E-state index is 0.683. The maximum absolute atomic E-state index is 6.33. The van der Waals surface area contributed by atoms with Crippen molar-refractivity contribution >= 4 is 46.4 Å². The van der Waals surface area contributed by atoms with Crippen LogP contribution in [0.4, 0.5) is 0 Å². The SMILES string of the molecule is CCCCCCCCCCCOc1cccc(-c2c3nc(cc4ccc([nH]4)c(-c4cccc(OCCCN(CCC)CCC)c4)c4nc(cc5ccc2[nH]5)C=C4)C=C3)c1. The Morgan fingerprint density at radius 3 is 1.47 bits per heavy atom. The quantitative estimate of drug-likeness (QED) is 0.0669. The minimum Gasteiger partial charge on any atom is -0.494 e. The summed E-state index contributed by atoms with van der Waals surface area (Å²) in [6.07, 6.45) is 23.4. The van der Waals surface area contributed by atoms with Gasteiger partial charge in [-0.1, -0.05) is 96.4 Å². The van der Waals surface area contributed by atoms with Crippen molar-refractivity contribution in [1.82, 2.24) is 24.8 Å². The van der Waals surface area contributed by atoms with Gasteiger partial charge in [0.05, 0.1) is 36.0 Å². The Bertz CT molecular complexity index is 2340. The van der Waals surface area contributed by atoms with Crippen LogP contribution in [0, 0.1) is 0 Å². The number of ether oxygens (including phenoxy) is 2. The first-order valence-corrected chi connectivity index (χ1v) is 22.4. The molecule has 7 heteroatoms. The van der Waals surface area contributed by atoms with Gasteiger partial charge < -0.3 is 24.3 Å². The van der Waals surface area contributed by atoms with Crippen LogP contribution in [-0.4, -0.2) is 57.7 Å². The highest BCUT2D eigenvalue weighted by Crippen LogP contribution is 2.34. The van der Waals surface area contributed by atoms with Crippen LogP contribution in [0.2, 0.25) is 0 Å². The van der Waals surface area contributed by atoms with Crippen LogP contribution in [0.15, 0.2) is 84.9 Å². The Balaban J connectivity index is 1.16. The summed E-state index contributed by atoms with van der Waals surface area (Å²) < 4.78 is 12.6. The Kier molecular flexibility index (Phi) is 15.3. The molecule has 7 rings (SSSR count). The van der Waals surface area contributed by atoms with Gasteiger partial charge in [0.15, 0.2) is 0 Å². The molecule has 0 amide bonds. The van der Waals surface area contributed by atoms with E-state index in [0.717, 1.165) is 118 Å². The van der Waals surface area contributed by atoms with Crippen molar-refractivity contribution in [1.29, 1.82) is 0 Å². The van der Waals surface area contributed by atoms with Crippen molar-refractivity contribution in [3.05, 3.63) is 108 Å². The second-order valence-electron chi connectivity index (χ2n) is 16.0. The number of unbranched alkanes of at least 4 members (excludes halogenated alkanes) is 8. The standard InChI is InChI=1S/C52H63N5O2/c1-4-7-8-9-10-11-12-13-14-33-58-45-20-15-18-39(35-45)51-47-26-22-41(53-47)37-43-24-28-49(55-43)52(50-29-25-44(56-50)38-42-23-27-48(51)54-42)40-19-16-21-46(36-40)59-34-17-32-57(30-5-2)31-6-3/h15-16,18-29,35-38,53,56H,4-14,17,30-34H2,1-3H3. The number of H-pyrrole nitrogens is 2. The second-order valence-corrected chi connectivity index (χ2v) is 16.0. The molecule has 0 saturated carbocycles. The highest BCUT2D eigenvalue weighted by Gasteiger charge is 2.15. The van der Waals surface area contributed by atoms with Gasteiger partial charge in [-0.2, -0.15) is 0 Å². The molecule has 308 valence electrons. The summed E-state index contributed by atoms with van der Waals surface area (Å²) in [6, 6.07) is 29.6. The molecule has 59 heavy (non-hydrogen) atoms. The highest BCUT2D eigenvalue weighted by molar-refractivity contribution is 5.93. The topological polar surface area (TPSA) is 79.1 Å². The molecule has 0 saturated heterocycles. The smallest absolute Gasteiger partial charge is 0.119 e. The van der Waals surface area contributed by atoms with E-state index in [0.29, 0.717) is 6.61 Å². The normalized spacial score (nSPS) is 12.1. The first kappa shape index (κ1) is 41.7. The summed E-state index contributed by atoms with van der Waals surface area (Å²) in [5.74, 6) is 1.75. The van der Waals surface area contributed by atoms with Crippen molar-refractivity contribution < 1.29 is 9.47 Å². The summed E-state index contributed by atoms with van der Waals surface area (Å²) >= 11 is 0. The average Bonchev–Trinajstić information content (AvgIpc) is 4.09. The average molecular weight is 790 g/mol. The summed E-state index contributed by atoms with van der Waals surface area (Å²) in [4.78, 5) is 20.2. The van der Waals surface area contributed by atoms with Crippen molar-refractivity contribution in [2.45, 2.75) is 97.8 Å². The van der Waals surface area contributed by atoms with Crippen molar-refractivity contribution in [2.75, 3.05) is 32.8 Å². The first-order valence-electron chi connectivity index (χ1n) is 22.4. The third kappa shape index (κ3) is 11.6. The number of hydrogen-bond acceptors (Lipinski definition) is 5. The molecule has 8 bridgehead atoms. The monoisotopic (exact) mass is 789 g/mol. The van der Waals surface area contributed by atoms with E-state index in [-0.39, 0.29) is 0 Å². The third-order valence-electron chi connectivity index (χ3n) is 11.1. The summed E-state index contributed by atoms with van der Waals surface area (Å²) in [6.45, 7) is 11.5. The lowest BCUT2D eigenvalue weighted by Crippen LogP contribution is -2.27. The van der Waals surface area contributed by atoms with Crippen LogP contribution in [0.3, 0.4) is 0 Å². The lowest BCUT2D eigenvalue weighted by Gasteiger charge is -2.20. The van der Waals surface area contributed by atoms with E-state index in [1.165, 1.54) is 64.2 Å². The molecule has 5 heterocycles. The fourth-order valence-electron chi connectivity index (χ4n) is 8.21. The fraction of sp³-hybridized carbons (Fsp3) is 0.385. The van der Waals surface area contributed by atoms with Gasteiger partial charge in [-0.25, -0.2) is 9.97 Å². The van der Waals surface area contributed by atoms with E-state index in [9.17, 15) is 0 Å². The fourth-order valence-corrected chi connectivity index (χ4v) is 8.21. The molecule has 3 aromatic heterocycles. The molecule has 2 N–H and O–H groups in total. The van der Waals surface area contributed by atoms with E-state index >= 15 is 0 Å². The minimum absolute atomic E-state index is 0.683. The van der Waals surface area contributed by atoms with Gasteiger partial charge >= 0.3 is 0 Å². The van der Waals surface area contributed by atoms with Crippen LogP contribution < -0.4 is 9.47 Å². The molecule has 7 nitrogen and oxygen atoms in total. The Morgan fingerprint density at radius 1 is 0.475 bits per heavy atom. The molecule has 2 aliphatic heterocycles. The highest BCUT2D eigenvalue weighted by atomic mass is 16.5. The number of benzene rings is 2. The van der Waals surface area contributed by atoms with Crippen molar-refractivity contribution in [3.8, 4) is 33.8 Å². The molecule has 0 fully saturated rings. The number of aromatic nitrogens is 4. The van der Waals surface area contributed by atoms with Crippen molar-refractivity contribution in [3.63, 3.8) is 0 Å². The van der Waals surface area contributed by atoms with Crippen LogP contribution in [0.1, 0.15) is 121 Å². The van der Waals surface area contributed by atoms with E-state index in [1.807, 2.05) is 0 Å². The number of rotatable bonds is 22. The van der Waals surface area contributed by atoms with Gasteiger partial charge in [-0.3, -0.25) is 0 Å². The number of fused-ring (bicyclic) bond motifs is 8. The Morgan fingerprint density at radius 2 is 0.966 bits per heavy atom. The Labute approximate surface area is 351 Å². The van der Waals surface area contributed by atoms with Gasteiger partial charge in [0.2, 0.25) is 0 Å². The lowest BCUT2D eigenvalue weighted by molar-refractivity contribution is 0.234. The summed E-state index contributed by atoms with van der Waals surface area (Å²) in [5.41, 5.74) is 11.7. The zero-order chi connectivity index (χ0) is 40.7. The molecule has 0 aliphatic carbocycles. The van der Waals surface area contributed by atoms with E-state index in [4.69, 9.17) is 19.4 Å². The first-order chi connectivity index (χ1) is 29.1. The number of hydrogen-bond donors (Lipinski definition) is 2. The molecule has 2 aromatic carbocycles. The number of nitrogens with one attached hydrogen (secondary N) is 2. The molecule has 0 spiro atoms. The van der Waals surface area contributed by atoms with E-state index in [1.54, 1.807) is 0 Å². The van der Waals surface area contributed by atoms with Gasteiger partial charge in [0, 0.05) is 39.7 Å². The molecular formula is C52H63N5O2. The second kappa shape index (κ2) is 21.6. The predicted octanol–water partition coefficient (Wildman–Crippen LogP) is 13.8. The molecular weight excluding hydrogens is 727 g/mol. The maximum Gasteiger partial charge on any atom is 0.119 e. The van der Waals surface area contributed by atoms with Crippen LogP contribution in [0.5, 0.6) is 11.5 Å². The molecule has 0 radical (unpaired) electrons. The van der Waals surface area contributed by atoms with E-state index in [2.05, 4.69) is 145 Å². The molecule has 5 aromatic rings. The van der Waals surface area contributed by atoms with Crippen LogP contribution >= 0.6 is 0 Å². The lowest BCUT2D eigenvalue weighted by atomic mass is 10.0. The summed E-state index contributed by atoms with van der Waals surface area (Å²) in [7, 11) is 0. The molecule has 2 aliphatic rings.